The van der Waals surface area contributed by atoms with Gasteiger partial charge in [0.2, 0.25) is 10.0 Å². The molecule has 1 heterocycles. The van der Waals surface area contributed by atoms with Gasteiger partial charge in [-0.2, -0.15) is 11.8 Å². The molecule has 0 radical (unpaired) electrons. The van der Waals surface area contributed by atoms with Gasteiger partial charge >= 0.3 is 0 Å². The van der Waals surface area contributed by atoms with E-state index in [9.17, 15) is 8.42 Å². The van der Waals surface area contributed by atoms with Gasteiger partial charge in [-0.15, -0.1) is 0 Å². The van der Waals surface area contributed by atoms with Crippen molar-refractivity contribution in [2.24, 2.45) is 0 Å². The molecule has 0 fully saturated rings. The number of nitrogen functional groups attached to an aromatic ring is 1. The van der Waals surface area contributed by atoms with Crippen molar-refractivity contribution in [3.63, 3.8) is 0 Å². The van der Waals surface area contributed by atoms with Crippen molar-refractivity contribution in [3.8, 4) is 0 Å². The second-order valence-electron chi connectivity index (χ2n) is 3.51. The lowest BCUT2D eigenvalue weighted by molar-refractivity contribution is 0.296. The highest BCUT2D eigenvalue weighted by Crippen LogP contribution is 2.08. The molecule has 8 heteroatoms. The van der Waals surface area contributed by atoms with E-state index in [1.807, 2.05) is 0 Å². The van der Waals surface area contributed by atoms with Crippen LogP contribution < -0.4 is 10.5 Å². The van der Waals surface area contributed by atoms with Gasteiger partial charge in [-0.05, 0) is 24.3 Å². The number of nitrogens with two attached hydrogens (primary N) is 1. The smallest absolute Gasteiger partial charge is 0.242 e. The Morgan fingerprint density at radius 2 is 2.17 bits per heavy atom. The molecule has 0 aliphatic heterocycles. The molecule has 6 nitrogen and oxygen atoms in total. The van der Waals surface area contributed by atoms with E-state index in [0.717, 1.165) is 12.2 Å². The van der Waals surface area contributed by atoms with E-state index < -0.39 is 10.0 Å². The van der Waals surface area contributed by atoms with Gasteiger partial charge in [0.15, 0.2) is 0 Å². The number of hydrogen-bond donors (Lipinski definition) is 3. The molecule has 0 unspecified atom stereocenters. The average molecular weight is 291 g/mol. The van der Waals surface area contributed by atoms with E-state index in [1.54, 1.807) is 11.8 Å². The molecular weight excluding hydrogens is 274 g/mol. The lowest BCUT2D eigenvalue weighted by Gasteiger charge is -2.06. The normalized spacial score (nSPS) is 11.6. The molecule has 0 aromatic carbocycles. The van der Waals surface area contributed by atoms with Crippen LogP contribution >= 0.6 is 11.8 Å². The van der Waals surface area contributed by atoms with E-state index in [-0.39, 0.29) is 17.3 Å². The van der Waals surface area contributed by atoms with Gasteiger partial charge in [0.05, 0.1) is 0 Å². The summed E-state index contributed by atoms with van der Waals surface area (Å²) in [5.74, 6) is 1.78. The molecular formula is C10H17N3O3S2. The van der Waals surface area contributed by atoms with Crippen molar-refractivity contribution in [2.75, 3.05) is 30.4 Å². The molecule has 1 rings (SSSR count). The number of rotatable bonds is 8. The van der Waals surface area contributed by atoms with Crippen LogP contribution in [0.4, 0.5) is 5.82 Å². The highest BCUT2D eigenvalue weighted by atomic mass is 32.2. The van der Waals surface area contributed by atoms with Gasteiger partial charge in [-0.3, -0.25) is 0 Å². The number of nitrogens with one attached hydrogen (secondary N) is 1. The summed E-state index contributed by atoms with van der Waals surface area (Å²) in [6.45, 7) is 0.513. The minimum absolute atomic E-state index is 0.108. The van der Waals surface area contributed by atoms with Crippen molar-refractivity contribution >= 4 is 27.6 Å². The Kier molecular flexibility index (Phi) is 6.41. The molecule has 0 bridgehead atoms. The Bertz CT molecular complexity index is 448. The largest absolute Gasteiger partial charge is 0.396 e. The van der Waals surface area contributed by atoms with Gasteiger partial charge < -0.3 is 10.8 Å². The summed E-state index contributed by atoms with van der Waals surface area (Å²) in [6, 6.07) is 2.87. The van der Waals surface area contributed by atoms with Crippen LogP contribution in [-0.4, -0.2) is 43.2 Å². The molecule has 102 valence electrons. The summed E-state index contributed by atoms with van der Waals surface area (Å²) in [5.41, 5.74) is 5.39. The molecule has 0 aliphatic rings. The summed E-state index contributed by atoms with van der Waals surface area (Å²) in [4.78, 5) is 3.85. The van der Waals surface area contributed by atoms with Crippen LogP contribution in [-0.2, 0) is 10.0 Å². The SMILES string of the molecule is Nc1ccc(S(=O)(=O)NCCSCCCO)cn1. The van der Waals surface area contributed by atoms with Crippen molar-refractivity contribution in [1.82, 2.24) is 9.71 Å². The highest BCUT2D eigenvalue weighted by molar-refractivity contribution is 7.99. The third-order valence-electron chi connectivity index (χ3n) is 2.05. The predicted molar refractivity (Wildman–Crippen MR) is 72.9 cm³/mol. The summed E-state index contributed by atoms with van der Waals surface area (Å²) in [7, 11) is -3.50. The van der Waals surface area contributed by atoms with Crippen LogP contribution in [0.15, 0.2) is 23.2 Å². The number of hydrogen-bond acceptors (Lipinski definition) is 6. The van der Waals surface area contributed by atoms with Crippen LogP contribution in [0.3, 0.4) is 0 Å². The van der Waals surface area contributed by atoms with Gasteiger partial charge in [0, 0.05) is 25.1 Å². The Labute approximate surface area is 111 Å². The first kappa shape index (κ1) is 15.2. The van der Waals surface area contributed by atoms with Gasteiger partial charge in [0.25, 0.3) is 0 Å². The van der Waals surface area contributed by atoms with Crippen LogP contribution in [0, 0.1) is 0 Å². The average Bonchev–Trinajstić information content (AvgIpc) is 2.34. The third-order valence-corrected chi connectivity index (χ3v) is 4.57. The highest BCUT2D eigenvalue weighted by Gasteiger charge is 2.13. The maximum atomic E-state index is 11.8. The maximum Gasteiger partial charge on any atom is 0.242 e. The van der Waals surface area contributed by atoms with Crippen molar-refractivity contribution < 1.29 is 13.5 Å². The molecule has 1 aromatic heterocycles. The van der Waals surface area contributed by atoms with E-state index in [4.69, 9.17) is 10.8 Å². The zero-order valence-electron chi connectivity index (χ0n) is 9.87. The minimum atomic E-state index is -3.50. The molecule has 0 atom stereocenters. The monoisotopic (exact) mass is 291 g/mol. The fourth-order valence-electron chi connectivity index (χ4n) is 1.15. The van der Waals surface area contributed by atoms with Crippen molar-refractivity contribution in [2.45, 2.75) is 11.3 Å². The predicted octanol–water partition coefficient (Wildman–Crippen LogP) is 0.0577. The number of nitrogens with zero attached hydrogens (tertiary/aromatic N) is 1. The fraction of sp³-hybridized carbons (Fsp3) is 0.500. The second-order valence-corrected chi connectivity index (χ2v) is 6.50. The molecule has 0 saturated heterocycles. The maximum absolute atomic E-state index is 11.8. The molecule has 1 aromatic rings. The first-order valence-electron chi connectivity index (χ1n) is 5.46. The molecule has 18 heavy (non-hydrogen) atoms. The van der Waals surface area contributed by atoms with Gasteiger partial charge in [0.1, 0.15) is 10.7 Å². The third kappa shape index (κ3) is 5.21. The molecule has 0 saturated carbocycles. The number of pyridine rings is 1. The van der Waals surface area contributed by atoms with Gasteiger partial charge in [-0.25, -0.2) is 18.1 Å². The summed E-state index contributed by atoms with van der Waals surface area (Å²) < 4.78 is 26.1. The second kappa shape index (κ2) is 7.57. The van der Waals surface area contributed by atoms with Crippen molar-refractivity contribution in [1.29, 1.82) is 0 Å². The zero-order valence-corrected chi connectivity index (χ0v) is 11.5. The number of sulfonamides is 1. The molecule has 0 aliphatic carbocycles. The topological polar surface area (TPSA) is 105 Å². The first-order chi connectivity index (χ1) is 8.56. The van der Waals surface area contributed by atoms with Crippen LogP contribution in [0.1, 0.15) is 6.42 Å². The minimum Gasteiger partial charge on any atom is -0.396 e. The summed E-state index contributed by atoms with van der Waals surface area (Å²) in [6.07, 6.45) is 1.95. The lowest BCUT2D eigenvalue weighted by atomic mass is 10.5. The van der Waals surface area contributed by atoms with Crippen molar-refractivity contribution in [3.05, 3.63) is 18.3 Å². The summed E-state index contributed by atoms with van der Waals surface area (Å²) >= 11 is 1.59. The Morgan fingerprint density at radius 1 is 1.39 bits per heavy atom. The Hall–Kier alpha value is -0.830. The van der Waals surface area contributed by atoms with Gasteiger partial charge in [-0.1, -0.05) is 0 Å². The Balaban J connectivity index is 2.38. The fourth-order valence-corrected chi connectivity index (χ4v) is 3.04. The number of aliphatic hydroxyl groups is 1. The van der Waals surface area contributed by atoms with E-state index in [2.05, 4.69) is 9.71 Å². The number of anilines is 1. The van der Waals surface area contributed by atoms with Crippen LogP contribution in [0.5, 0.6) is 0 Å². The first-order valence-corrected chi connectivity index (χ1v) is 8.10. The quantitative estimate of drug-likeness (QED) is 0.585. The molecule has 4 N–H and O–H groups in total. The molecule has 0 spiro atoms. The van der Waals surface area contributed by atoms with E-state index >= 15 is 0 Å². The summed E-state index contributed by atoms with van der Waals surface area (Å²) in [5, 5.41) is 8.58. The van der Waals surface area contributed by atoms with Crippen LogP contribution in [0.2, 0.25) is 0 Å². The standard InChI is InChI=1S/C10H17N3O3S2/c11-10-3-2-9(8-12-10)18(15,16)13-4-7-17-6-1-5-14/h2-3,8,13-14H,1,4-7H2,(H2,11,12). The van der Waals surface area contributed by atoms with E-state index in [0.29, 0.717) is 12.3 Å². The number of aliphatic hydroxyl groups excluding tert-OH is 1. The lowest BCUT2D eigenvalue weighted by Crippen LogP contribution is -2.26. The zero-order chi connectivity index (χ0) is 13.4. The number of aromatic nitrogens is 1. The van der Waals surface area contributed by atoms with E-state index in [1.165, 1.54) is 18.3 Å². The number of thioether (sulfide) groups is 1. The van der Waals surface area contributed by atoms with Crippen LogP contribution in [0.25, 0.3) is 0 Å². The molecule has 0 amide bonds. The Morgan fingerprint density at radius 3 is 2.78 bits per heavy atom.